The number of nitrogen functional groups attached to an aromatic ring is 1. The minimum atomic E-state index is -1.92. The summed E-state index contributed by atoms with van der Waals surface area (Å²) >= 11 is 0. The van der Waals surface area contributed by atoms with Gasteiger partial charge in [0.25, 0.3) is 6.08 Å². The van der Waals surface area contributed by atoms with Gasteiger partial charge in [-0.3, -0.25) is 4.79 Å². The van der Waals surface area contributed by atoms with Crippen molar-refractivity contribution in [2.24, 2.45) is 17.3 Å². The highest BCUT2D eigenvalue weighted by Crippen LogP contribution is 2.60. The summed E-state index contributed by atoms with van der Waals surface area (Å²) in [7, 11) is 0. The smallest absolute Gasteiger partial charge is 0.310 e. The number of nitrogens with two attached hydrogens (primary N) is 1. The van der Waals surface area contributed by atoms with Crippen molar-refractivity contribution in [1.29, 1.82) is 0 Å². The summed E-state index contributed by atoms with van der Waals surface area (Å²) in [6, 6.07) is 0. The van der Waals surface area contributed by atoms with Gasteiger partial charge >= 0.3 is 5.97 Å². The molecule has 1 aromatic carbocycles. The molecule has 1 aliphatic carbocycles. The zero-order chi connectivity index (χ0) is 18.4. The lowest BCUT2D eigenvalue weighted by molar-refractivity contribution is -0.147. The van der Waals surface area contributed by atoms with Crippen LogP contribution in [0.15, 0.2) is 12.2 Å². The number of hydrogen-bond acceptors (Lipinski definition) is 3. The number of ether oxygens (including phenoxy) is 1. The maximum atomic E-state index is 13.8. The predicted octanol–water partition coefficient (Wildman–Crippen LogP) is 4.09. The summed E-state index contributed by atoms with van der Waals surface area (Å²) < 4.78 is 70.6. The molecule has 0 bridgehead atoms. The van der Waals surface area contributed by atoms with E-state index < -0.39 is 70.2 Å². The Kier molecular flexibility index (Phi) is 4.61. The fourth-order valence-corrected chi connectivity index (χ4v) is 2.80. The molecule has 1 aliphatic rings. The van der Waals surface area contributed by atoms with Gasteiger partial charge in [-0.05, 0) is 18.4 Å². The fourth-order valence-electron chi connectivity index (χ4n) is 2.80. The monoisotopic (exact) mass is 349 g/mol. The zero-order valence-electron chi connectivity index (χ0n) is 13.2. The molecule has 1 saturated carbocycles. The summed E-state index contributed by atoms with van der Waals surface area (Å²) in [5.41, 5.74) is 2.81. The molecule has 24 heavy (non-hydrogen) atoms. The highest BCUT2D eigenvalue weighted by molar-refractivity contribution is 5.78. The van der Waals surface area contributed by atoms with E-state index in [1.54, 1.807) is 13.8 Å². The molecule has 0 unspecified atom stereocenters. The van der Waals surface area contributed by atoms with Crippen LogP contribution in [0.5, 0.6) is 0 Å². The lowest BCUT2D eigenvalue weighted by Crippen LogP contribution is -2.14. The molecule has 1 aromatic rings. The Balaban J connectivity index is 2.16. The predicted molar refractivity (Wildman–Crippen MR) is 76.3 cm³/mol. The van der Waals surface area contributed by atoms with Gasteiger partial charge in [-0.15, -0.1) is 0 Å². The molecule has 132 valence electrons. The summed E-state index contributed by atoms with van der Waals surface area (Å²) in [6.07, 6.45) is -1.26. The molecule has 2 atom stereocenters. The maximum Gasteiger partial charge on any atom is 0.310 e. The van der Waals surface area contributed by atoms with Crippen molar-refractivity contribution in [3.8, 4) is 0 Å². The lowest BCUT2D eigenvalue weighted by Gasteiger charge is -2.12. The van der Waals surface area contributed by atoms with E-state index in [4.69, 9.17) is 10.5 Å². The van der Waals surface area contributed by atoms with Gasteiger partial charge in [0, 0.05) is 11.5 Å². The quantitative estimate of drug-likeness (QED) is 0.386. The average Bonchev–Trinajstić information content (AvgIpc) is 3.02. The normalized spacial score (nSPS) is 21.3. The molecule has 0 heterocycles. The van der Waals surface area contributed by atoms with E-state index in [1.807, 2.05) is 0 Å². The van der Waals surface area contributed by atoms with Crippen molar-refractivity contribution in [3.63, 3.8) is 0 Å². The van der Waals surface area contributed by atoms with Crippen molar-refractivity contribution in [2.75, 3.05) is 5.73 Å². The van der Waals surface area contributed by atoms with E-state index in [0.29, 0.717) is 6.08 Å². The topological polar surface area (TPSA) is 52.3 Å². The Labute approximate surface area is 135 Å². The first-order chi connectivity index (χ1) is 11.0. The van der Waals surface area contributed by atoms with Crippen molar-refractivity contribution in [1.82, 2.24) is 0 Å². The highest BCUT2D eigenvalue weighted by atomic mass is 19.3. The molecule has 8 heteroatoms. The Hall–Kier alpha value is -2.12. The second-order valence-corrected chi connectivity index (χ2v) is 6.35. The van der Waals surface area contributed by atoms with E-state index in [-0.39, 0.29) is 0 Å². The number of benzene rings is 1. The van der Waals surface area contributed by atoms with Gasteiger partial charge in [0.15, 0.2) is 17.5 Å². The Bertz CT molecular complexity index is 697. The minimum absolute atomic E-state index is 0.577. The van der Waals surface area contributed by atoms with Crippen molar-refractivity contribution in [3.05, 3.63) is 40.7 Å². The minimum Gasteiger partial charge on any atom is -0.460 e. The standard InChI is InChI=1S/C16H16F5NO2/c1-6-11(19)13(21)7(14(22)12(6)20)5-24-15(23)10-8(4-9(17)18)16(10,2)3/h4,8,10H,5,22H2,1-3H3/t8-,10+/m1/s1. The molecule has 1 fully saturated rings. The van der Waals surface area contributed by atoms with Crippen LogP contribution in [0.25, 0.3) is 0 Å². The summed E-state index contributed by atoms with van der Waals surface area (Å²) in [4.78, 5) is 12.0. The van der Waals surface area contributed by atoms with E-state index >= 15 is 0 Å². The van der Waals surface area contributed by atoms with E-state index in [0.717, 1.165) is 6.92 Å². The van der Waals surface area contributed by atoms with Crippen LogP contribution in [0.4, 0.5) is 27.6 Å². The Morgan fingerprint density at radius 3 is 2.33 bits per heavy atom. The van der Waals surface area contributed by atoms with Crippen LogP contribution in [0.1, 0.15) is 25.0 Å². The first-order valence-corrected chi connectivity index (χ1v) is 7.11. The molecule has 0 amide bonds. The first kappa shape index (κ1) is 18.2. The number of rotatable bonds is 4. The third-order valence-electron chi connectivity index (χ3n) is 4.51. The number of allylic oxidation sites excluding steroid dienone is 1. The van der Waals surface area contributed by atoms with Crippen molar-refractivity contribution < 1.29 is 31.5 Å². The fraction of sp³-hybridized carbons (Fsp3) is 0.438. The largest absolute Gasteiger partial charge is 0.460 e. The molecule has 0 spiro atoms. The first-order valence-electron chi connectivity index (χ1n) is 7.11. The number of halogens is 5. The van der Waals surface area contributed by atoms with Crippen LogP contribution in [0.3, 0.4) is 0 Å². The molecule has 0 aliphatic heterocycles. The van der Waals surface area contributed by atoms with Crippen LogP contribution >= 0.6 is 0 Å². The number of carbonyl (C=O) groups excluding carboxylic acids is 1. The van der Waals surface area contributed by atoms with Gasteiger partial charge in [0.1, 0.15) is 6.61 Å². The van der Waals surface area contributed by atoms with Crippen LogP contribution in [0, 0.1) is 41.6 Å². The van der Waals surface area contributed by atoms with Gasteiger partial charge in [0.05, 0.1) is 17.2 Å². The van der Waals surface area contributed by atoms with E-state index in [9.17, 15) is 26.7 Å². The lowest BCUT2D eigenvalue weighted by atomic mass is 10.1. The number of hydrogen-bond donors (Lipinski definition) is 1. The number of esters is 1. The molecular formula is C16H16F5NO2. The van der Waals surface area contributed by atoms with Gasteiger partial charge in [0.2, 0.25) is 0 Å². The Morgan fingerprint density at radius 2 is 1.79 bits per heavy atom. The average molecular weight is 349 g/mol. The molecule has 0 aromatic heterocycles. The summed E-state index contributed by atoms with van der Waals surface area (Å²) in [5, 5.41) is 0. The van der Waals surface area contributed by atoms with Gasteiger partial charge in [-0.1, -0.05) is 13.8 Å². The van der Waals surface area contributed by atoms with Crippen LogP contribution in [-0.2, 0) is 16.1 Å². The zero-order valence-corrected chi connectivity index (χ0v) is 13.2. The van der Waals surface area contributed by atoms with Gasteiger partial charge in [-0.2, -0.15) is 8.78 Å². The molecular weight excluding hydrogens is 333 g/mol. The third kappa shape index (κ3) is 2.97. The van der Waals surface area contributed by atoms with Gasteiger partial charge in [-0.25, -0.2) is 13.2 Å². The van der Waals surface area contributed by atoms with Crippen LogP contribution in [-0.4, -0.2) is 5.97 Å². The van der Waals surface area contributed by atoms with Crippen molar-refractivity contribution in [2.45, 2.75) is 27.4 Å². The molecule has 2 N–H and O–H groups in total. The maximum absolute atomic E-state index is 13.8. The second-order valence-electron chi connectivity index (χ2n) is 6.35. The summed E-state index contributed by atoms with van der Waals surface area (Å²) in [5.74, 6) is -6.37. The molecule has 3 nitrogen and oxygen atoms in total. The summed E-state index contributed by atoms with van der Waals surface area (Å²) in [6.45, 7) is 3.44. The SMILES string of the molecule is Cc1c(F)c(N)c(COC(=O)[C@@H]2[C@@H](C=C(F)F)C2(C)C)c(F)c1F. The molecule has 2 rings (SSSR count). The second kappa shape index (κ2) is 6.07. The van der Waals surface area contributed by atoms with Gasteiger partial charge < -0.3 is 10.5 Å². The number of anilines is 1. The Morgan fingerprint density at radius 1 is 1.21 bits per heavy atom. The van der Waals surface area contributed by atoms with Crippen LogP contribution < -0.4 is 5.73 Å². The van der Waals surface area contributed by atoms with E-state index in [2.05, 4.69) is 0 Å². The molecule has 0 radical (unpaired) electrons. The van der Waals surface area contributed by atoms with Crippen molar-refractivity contribution >= 4 is 11.7 Å². The molecule has 0 saturated heterocycles. The highest BCUT2D eigenvalue weighted by Gasteiger charge is 2.62. The number of carbonyl (C=O) groups is 1. The van der Waals surface area contributed by atoms with E-state index in [1.165, 1.54) is 0 Å². The third-order valence-corrected chi connectivity index (χ3v) is 4.51. The van der Waals surface area contributed by atoms with Crippen LogP contribution in [0.2, 0.25) is 0 Å².